The molecule has 0 unspecified atom stereocenters. The lowest BCUT2D eigenvalue weighted by atomic mass is 10.1. The molecule has 0 saturated carbocycles. The Morgan fingerprint density at radius 2 is 1.19 bits per heavy atom. The first kappa shape index (κ1) is 22.1. The Labute approximate surface area is 175 Å². The molecule has 0 aliphatic rings. The van der Waals surface area contributed by atoms with Gasteiger partial charge < -0.3 is 8.83 Å². The maximum Gasteiger partial charge on any atom is 0.444 e. The molecule has 27 heavy (non-hydrogen) atoms. The second kappa shape index (κ2) is 13.9. The molecule has 2 nitrogen and oxygen atoms in total. The fourth-order valence-corrected chi connectivity index (χ4v) is 5.21. The first-order valence-electron chi connectivity index (χ1n) is 10.5. The normalized spacial score (nSPS) is 11.9. The molecule has 2 heterocycles. The van der Waals surface area contributed by atoms with Gasteiger partial charge in [-0.15, -0.1) is 0 Å². The highest BCUT2D eigenvalue weighted by Gasteiger charge is 2.28. The second-order valence-corrected chi connectivity index (χ2v) is 9.40. The molecule has 0 spiro atoms. The second-order valence-electron chi connectivity index (χ2n) is 6.90. The van der Waals surface area contributed by atoms with Crippen molar-refractivity contribution in [3.05, 3.63) is 55.5 Å². The first-order valence-corrected chi connectivity index (χ1v) is 12.6. The molecular formula is C24H34IO2+. The fraction of sp³-hybridized carbons (Fsp3) is 0.500. The van der Waals surface area contributed by atoms with Gasteiger partial charge in [-0.2, -0.15) is 0 Å². The number of furan rings is 2. The number of hydrogen-bond acceptors (Lipinski definition) is 2. The lowest BCUT2D eigenvalue weighted by molar-refractivity contribution is -0.636. The van der Waals surface area contributed by atoms with Crippen LogP contribution in [0.25, 0.3) is 12.2 Å². The van der Waals surface area contributed by atoms with Crippen LogP contribution in [-0.4, -0.2) is 0 Å². The summed E-state index contributed by atoms with van der Waals surface area (Å²) in [6.45, 7) is 4.50. The molecule has 148 valence electrons. The molecule has 0 aliphatic carbocycles. The fourth-order valence-electron chi connectivity index (χ4n) is 2.87. The summed E-state index contributed by atoms with van der Waals surface area (Å²) in [5, 5.41) is 0. The van der Waals surface area contributed by atoms with Gasteiger partial charge in [-0.05, 0) is 37.8 Å². The van der Waals surface area contributed by atoms with Gasteiger partial charge in [0.15, 0.2) is 0 Å². The molecule has 2 rings (SSSR count). The van der Waals surface area contributed by atoms with Crippen molar-refractivity contribution >= 4 is 12.2 Å². The van der Waals surface area contributed by atoms with Gasteiger partial charge in [-0.1, -0.05) is 76.7 Å². The Hall–Kier alpha value is -1.23. The van der Waals surface area contributed by atoms with E-state index in [2.05, 4.69) is 50.3 Å². The Morgan fingerprint density at radius 1 is 0.704 bits per heavy atom. The summed E-state index contributed by atoms with van der Waals surface area (Å²) in [4.78, 5) is 0. The van der Waals surface area contributed by atoms with Gasteiger partial charge in [-0.25, -0.2) is 0 Å². The molecule has 0 bridgehead atoms. The standard InChI is InChI=1S/C24H34IO2/c1-3-5-7-9-11-13-15-21-17-19-26-23(21)25-24-22(18-20-27-24)16-14-12-10-8-6-4-2/h13-20H,3-12H2,1-2H3/q+1. The van der Waals surface area contributed by atoms with Crippen LogP contribution < -0.4 is 21.2 Å². The van der Waals surface area contributed by atoms with Crippen LogP contribution in [0.3, 0.4) is 0 Å². The highest BCUT2D eigenvalue weighted by atomic mass is 127. The summed E-state index contributed by atoms with van der Waals surface area (Å²) in [7, 11) is 0. The van der Waals surface area contributed by atoms with E-state index in [1.54, 1.807) is 12.5 Å². The molecule has 0 atom stereocenters. The number of halogens is 1. The monoisotopic (exact) mass is 481 g/mol. The molecule has 2 aromatic rings. The number of unbranched alkanes of at least 4 members (excludes halogenated alkanes) is 8. The quantitative estimate of drug-likeness (QED) is 0.282. The molecule has 0 N–H and O–H groups in total. The Morgan fingerprint density at radius 3 is 1.63 bits per heavy atom. The average Bonchev–Trinajstić information content (AvgIpc) is 3.31. The van der Waals surface area contributed by atoms with Gasteiger partial charge in [0.25, 0.3) is 0 Å². The lowest BCUT2D eigenvalue weighted by Crippen LogP contribution is -3.61. The van der Waals surface area contributed by atoms with Crippen molar-refractivity contribution in [3.8, 4) is 0 Å². The summed E-state index contributed by atoms with van der Waals surface area (Å²) >= 11 is -0.439. The predicted octanol–water partition coefficient (Wildman–Crippen LogP) is 4.97. The van der Waals surface area contributed by atoms with Crippen LogP contribution in [-0.2, 0) is 0 Å². The van der Waals surface area contributed by atoms with Crippen molar-refractivity contribution in [1.29, 1.82) is 0 Å². The zero-order chi connectivity index (χ0) is 19.2. The number of allylic oxidation sites excluding steroid dienone is 2. The van der Waals surface area contributed by atoms with Crippen molar-refractivity contribution in [2.75, 3.05) is 0 Å². The van der Waals surface area contributed by atoms with Crippen LogP contribution in [0, 0.1) is 7.53 Å². The minimum atomic E-state index is -0.439. The van der Waals surface area contributed by atoms with E-state index in [4.69, 9.17) is 8.83 Å². The van der Waals surface area contributed by atoms with Gasteiger partial charge in [0.2, 0.25) is 0 Å². The summed E-state index contributed by atoms with van der Waals surface area (Å²) < 4.78 is 13.7. The lowest BCUT2D eigenvalue weighted by Gasteiger charge is -1.93. The van der Waals surface area contributed by atoms with E-state index in [0.717, 1.165) is 20.4 Å². The van der Waals surface area contributed by atoms with Gasteiger partial charge in [0.05, 0.1) is 23.7 Å². The van der Waals surface area contributed by atoms with Crippen LogP contribution in [0.5, 0.6) is 0 Å². The van der Waals surface area contributed by atoms with E-state index >= 15 is 0 Å². The largest absolute Gasteiger partial charge is 0.444 e. The van der Waals surface area contributed by atoms with Crippen molar-refractivity contribution in [2.24, 2.45) is 0 Å². The van der Waals surface area contributed by atoms with Crippen LogP contribution in [0.4, 0.5) is 0 Å². The molecule has 2 aromatic heterocycles. The third-order valence-corrected chi connectivity index (χ3v) is 7.24. The molecule has 0 amide bonds. The molecule has 3 heteroatoms. The van der Waals surface area contributed by atoms with Gasteiger partial charge in [-0.3, -0.25) is 0 Å². The zero-order valence-electron chi connectivity index (χ0n) is 16.9. The third-order valence-electron chi connectivity index (χ3n) is 4.51. The molecule has 0 aromatic carbocycles. The van der Waals surface area contributed by atoms with E-state index in [-0.39, 0.29) is 0 Å². The van der Waals surface area contributed by atoms with Crippen LogP contribution >= 0.6 is 0 Å². The minimum Gasteiger partial charge on any atom is -0.426 e. The van der Waals surface area contributed by atoms with Gasteiger partial charge >= 0.3 is 28.7 Å². The smallest absolute Gasteiger partial charge is 0.426 e. The van der Waals surface area contributed by atoms with Crippen LogP contribution in [0.15, 0.2) is 45.6 Å². The van der Waals surface area contributed by atoms with Crippen molar-refractivity contribution in [3.63, 3.8) is 0 Å². The molecule has 0 radical (unpaired) electrons. The molecule has 0 fully saturated rings. The highest BCUT2D eigenvalue weighted by molar-refractivity contribution is 5.47. The van der Waals surface area contributed by atoms with E-state index < -0.39 is 21.2 Å². The number of hydrogen-bond donors (Lipinski definition) is 0. The van der Waals surface area contributed by atoms with Crippen molar-refractivity contribution in [2.45, 2.75) is 78.1 Å². The van der Waals surface area contributed by atoms with E-state index in [1.807, 2.05) is 0 Å². The minimum absolute atomic E-state index is 0.439. The van der Waals surface area contributed by atoms with Gasteiger partial charge in [0.1, 0.15) is 0 Å². The van der Waals surface area contributed by atoms with Crippen LogP contribution in [0.1, 0.15) is 89.2 Å². The van der Waals surface area contributed by atoms with Crippen molar-refractivity contribution < 1.29 is 30.0 Å². The van der Waals surface area contributed by atoms with E-state index in [9.17, 15) is 0 Å². The predicted molar refractivity (Wildman–Crippen MR) is 110 cm³/mol. The molecular weight excluding hydrogens is 447 g/mol. The van der Waals surface area contributed by atoms with E-state index in [1.165, 1.54) is 62.5 Å². The molecule has 0 aliphatic heterocycles. The molecule has 0 saturated heterocycles. The first-order chi connectivity index (χ1) is 13.3. The van der Waals surface area contributed by atoms with Crippen LogP contribution in [0.2, 0.25) is 0 Å². The highest BCUT2D eigenvalue weighted by Crippen LogP contribution is 2.09. The summed E-state index contributed by atoms with van der Waals surface area (Å²) in [5.74, 6) is 0. The Kier molecular flexibility index (Phi) is 11.3. The van der Waals surface area contributed by atoms with Gasteiger partial charge in [0, 0.05) is 0 Å². The topological polar surface area (TPSA) is 26.3 Å². The van der Waals surface area contributed by atoms with Crippen molar-refractivity contribution in [1.82, 2.24) is 0 Å². The zero-order valence-corrected chi connectivity index (χ0v) is 19.0. The van der Waals surface area contributed by atoms with E-state index in [0.29, 0.717) is 0 Å². The summed E-state index contributed by atoms with van der Waals surface area (Å²) in [6, 6.07) is 4.15. The summed E-state index contributed by atoms with van der Waals surface area (Å²) in [5.41, 5.74) is 2.42. The number of rotatable bonds is 14. The maximum absolute atomic E-state index is 5.77. The summed E-state index contributed by atoms with van der Waals surface area (Å²) in [6.07, 6.45) is 25.4. The maximum atomic E-state index is 5.77. The third kappa shape index (κ3) is 8.54. The Bertz CT molecular complexity index is 620. The Balaban J connectivity index is 1.86. The average molecular weight is 481 g/mol. The SMILES string of the molecule is CCCCCCC=Cc1ccoc1[I+]c1occc1C=CCCCCCC.